The summed E-state index contributed by atoms with van der Waals surface area (Å²) in [5.74, 6) is 5.71. The van der Waals surface area contributed by atoms with Crippen molar-refractivity contribution in [3.63, 3.8) is 0 Å². The van der Waals surface area contributed by atoms with E-state index in [1.54, 1.807) is 12.1 Å². The van der Waals surface area contributed by atoms with E-state index in [1.165, 1.54) is 13.2 Å². The van der Waals surface area contributed by atoms with Crippen molar-refractivity contribution in [2.24, 2.45) is 11.8 Å². The fourth-order valence-corrected chi connectivity index (χ4v) is 4.47. The second kappa shape index (κ2) is 6.07. The smallest absolute Gasteiger partial charge is 0.165 e. The SMILES string of the molecule is COc1ccc(C(CC2CCS(=O)(=O)C2)NN)cc1F. The average molecular weight is 302 g/mol. The van der Waals surface area contributed by atoms with Crippen LogP contribution < -0.4 is 16.0 Å². The highest BCUT2D eigenvalue weighted by Crippen LogP contribution is 2.30. The normalized spacial score (nSPS) is 22.6. The van der Waals surface area contributed by atoms with Gasteiger partial charge in [0, 0.05) is 6.04 Å². The van der Waals surface area contributed by atoms with Gasteiger partial charge in [0.2, 0.25) is 0 Å². The first-order valence-corrected chi connectivity index (χ1v) is 8.27. The molecule has 7 heteroatoms. The Kier molecular flexibility index (Phi) is 4.62. The Morgan fingerprint density at radius 3 is 2.80 bits per heavy atom. The second-order valence-electron chi connectivity index (χ2n) is 5.12. The van der Waals surface area contributed by atoms with Crippen molar-refractivity contribution >= 4 is 9.84 Å². The maximum Gasteiger partial charge on any atom is 0.165 e. The molecule has 1 saturated heterocycles. The highest BCUT2D eigenvalue weighted by Gasteiger charge is 2.30. The van der Waals surface area contributed by atoms with Gasteiger partial charge >= 0.3 is 0 Å². The highest BCUT2D eigenvalue weighted by atomic mass is 32.2. The van der Waals surface area contributed by atoms with Gasteiger partial charge in [-0.1, -0.05) is 6.07 Å². The van der Waals surface area contributed by atoms with Crippen molar-refractivity contribution in [3.05, 3.63) is 29.6 Å². The first-order valence-electron chi connectivity index (χ1n) is 6.45. The molecular weight excluding hydrogens is 283 g/mol. The van der Waals surface area contributed by atoms with Gasteiger partial charge in [-0.3, -0.25) is 11.3 Å². The van der Waals surface area contributed by atoms with E-state index < -0.39 is 15.7 Å². The van der Waals surface area contributed by atoms with Crippen LogP contribution in [0.25, 0.3) is 0 Å². The molecule has 112 valence electrons. The van der Waals surface area contributed by atoms with Gasteiger partial charge in [-0.2, -0.15) is 0 Å². The third-order valence-electron chi connectivity index (χ3n) is 3.68. The maximum atomic E-state index is 13.7. The first-order chi connectivity index (χ1) is 9.45. The molecule has 0 bridgehead atoms. The Hall–Kier alpha value is -1.18. The molecule has 2 rings (SSSR count). The molecule has 1 aliphatic rings. The van der Waals surface area contributed by atoms with Gasteiger partial charge in [0.05, 0.1) is 18.6 Å². The first kappa shape index (κ1) is 15.2. The van der Waals surface area contributed by atoms with Gasteiger partial charge in [0.25, 0.3) is 0 Å². The van der Waals surface area contributed by atoms with E-state index in [2.05, 4.69) is 5.43 Å². The van der Waals surface area contributed by atoms with Crippen molar-refractivity contribution in [1.82, 2.24) is 5.43 Å². The van der Waals surface area contributed by atoms with Crippen LogP contribution in [-0.2, 0) is 9.84 Å². The molecular formula is C13H19FN2O3S. The van der Waals surface area contributed by atoms with Crippen molar-refractivity contribution < 1.29 is 17.5 Å². The second-order valence-corrected chi connectivity index (χ2v) is 7.35. The van der Waals surface area contributed by atoms with Gasteiger partial charge in [-0.15, -0.1) is 0 Å². The Morgan fingerprint density at radius 1 is 1.55 bits per heavy atom. The molecule has 0 aromatic heterocycles. The predicted molar refractivity (Wildman–Crippen MR) is 74.4 cm³/mol. The van der Waals surface area contributed by atoms with E-state index in [4.69, 9.17) is 10.6 Å². The molecule has 2 unspecified atom stereocenters. The highest BCUT2D eigenvalue weighted by molar-refractivity contribution is 7.91. The lowest BCUT2D eigenvalue weighted by Gasteiger charge is -2.20. The minimum absolute atomic E-state index is 0.0613. The van der Waals surface area contributed by atoms with Gasteiger partial charge in [0.15, 0.2) is 21.4 Å². The molecule has 0 amide bonds. The maximum absolute atomic E-state index is 13.7. The molecule has 1 aromatic carbocycles. The summed E-state index contributed by atoms with van der Waals surface area (Å²) in [4.78, 5) is 0. The van der Waals surface area contributed by atoms with Crippen LogP contribution in [0.3, 0.4) is 0 Å². The number of nitrogens with two attached hydrogens (primary N) is 1. The Labute approximate surface area is 118 Å². The summed E-state index contributed by atoms with van der Waals surface area (Å²) in [5.41, 5.74) is 3.32. The molecule has 1 aliphatic heterocycles. The van der Waals surface area contributed by atoms with E-state index in [-0.39, 0.29) is 29.2 Å². The summed E-state index contributed by atoms with van der Waals surface area (Å²) in [6, 6.07) is 4.37. The fourth-order valence-electron chi connectivity index (χ4n) is 2.59. The zero-order chi connectivity index (χ0) is 14.8. The minimum atomic E-state index is -2.91. The number of sulfone groups is 1. The number of benzene rings is 1. The summed E-state index contributed by atoms with van der Waals surface area (Å²) >= 11 is 0. The summed E-state index contributed by atoms with van der Waals surface area (Å²) in [5, 5.41) is 0. The molecule has 1 heterocycles. The number of methoxy groups -OCH3 is 1. The average Bonchev–Trinajstić information content (AvgIpc) is 2.75. The van der Waals surface area contributed by atoms with Crippen molar-refractivity contribution in [2.45, 2.75) is 18.9 Å². The van der Waals surface area contributed by atoms with Crippen LogP contribution in [0.15, 0.2) is 18.2 Å². The molecule has 0 saturated carbocycles. The monoisotopic (exact) mass is 302 g/mol. The lowest BCUT2D eigenvalue weighted by atomic mass is 9.94. The lowest BCUT2D eigenvalue weighted by molar-refractivity contribution is 0.383. The molecule has 1 fully saturated rings. The molecule has 3 N–H and O–H groups in total. The molecule has 0 radical (unpaired) electrons. The van der Waals surface area contributed by atoms with Crippen LogP contribution in [-0.4, -0.2) is 27.0 Å². The van der Waals surface area contributed by atoms with Crippen LogP contribution in [0.2, 0.25) is 0 Å². The summed E-state index contributed by atoms with van der Waals surface area (Å²) < 4.78 is 41.5. The zero-order valence-corrected chi connectivity index (χ0v) is 12.1. The van der Waals surface area contributed by atoms with Gasteiger partial charge in [-0.05, 0) is 36.5 Å². The third-order valence-corrected chi connectivity index (χ3v) is 5.51. The predicted octanol–water partition coefficient (Wildman–Crippen LogP) is 1.16. The molecule has 0 spiro atoms. The van der Waals surface area contributed by atoms with Gasteiger partial charge < -0.3 is 4.74 Å². The van der Waals surface area contributed by atoms with Crippen LogP contribution in [0.4, 0.5) is 4.39 Å². The molecule has 2 atom stereocenters. The number of hydrogen-bond acceptors (Lipinski definition) is 5. The van der Waals surface area contributed by atoms with Crippen LogP contribution in [0.5, 0.6) is 5.75 Å². The summed E-state index contributed by atoms with van der Waals surface area (Å²) in [6.45, 7) is 0. The quantitative estimate of drug-likeness (QED) is 0.630. The van der Waals surface area contributed by atoms with E-state index in [9.17, 15) is 12.8 Å². The van der Waals surface area contributed by atoms with Crippen molar-refractivity contribution in [1.29, 1.82) is 0 Å². The number of hydrazine groups is 1. The number of nitrogens with one attached hydrogen (secondary N) is 1. The van der Waals surface area contributed by atoms with Gasteiger partial charge in [-0.25, -0.2) is 12.8 Å². The minimum Gasteiger partial charge on any atom is -0.494 e. The fraction of sp³-hybridized carbons (Fsp3) is 0.538. The number of hydrogen-bond donors (Lipinski definition) is 2. The van der Waals surface area contributed by atoms with Gasteiger partial charge in [0.1, 0.15) is 0 Å². The van der Waals surface area contributed by atoms with Crippen LogP contribution >= 0.6 is 0 Å². The van der Waals surface area contributed by atoms with E-state index >= 15 is 0 Å². The Bertz CT molecular complexity index is 577. The molecule has 1 aromatic rings. The zero-order valence-electron chi connectivity index (χ0n) is 11.3. The summed E-state index contributed by atoms with van der Waals surface area (Å²) in [7, 11) is -1.51. The molecule has 5 nitrogen and oxygen atoms in total. The summed E-state index contributed by atoms with van der Waals surface area (Å²) in [6.07, 6.45) is 1.21. The molecule has 20 heavy (non-hydrogen) atoms. The van der Waals surface area contributed by atoms with E-state index in [1.807, 2.05) is 0 Å². The van der Waals surface area contributed by atoms with Crippen molar-refractivity contribution in [2.75, 3.05) is 18.6 Å². The molecule has 0 aliphatic carbocycles. The van der Waals surface area contributed by atoms with Crippen LogP contribution in [0.1, 0.15) is 24.4 Å². The number of rotatable bonds is 5. The van der Waals surface area contributed by atoms with E-state index in [0.717, 1.165) is 0 Å². The topological polar surface area (TPSA) is 81.4 Å². The van der Waals surface area contributed by atoms with Crippen LogP contribution in [0, 0.1) is 11.7 Å². The Morgan fingerprint density at radius 2 is 2.30 bits per heavy atom. The Balaban J connectivity index is 2.10. The lowest BCUT2D eigenvalue weighted by Crippen LogP contribution is -2.30. The van der Waals surface area contributed by atoms with Crippen molar-refractivity contribution in [3.8, 4) is 5.75 Å². The third kappa shape index (κ3) is 3.47. The van der Waals surface area contributed by atoms with E-state index in [0.29, 0.717) is 18.4 Å². The largest absolute Gasteiger partial charge is 0.494 e. The standard InChI is InChI=1S/C13H19FN2O3S/c1-19-13-3-2-10(7-11(13)14)12(16-15)6-9-4-5-20(17,18)8-9/h2-3,7,9,12,16H,4-6,8,15H2,1H3. The number of ether oxygens (including phenoxy) is 1. The number of halogens is 1.